The molecule has 3 aromatic heterocycles. The minimum Gasteiger partial charge on any atom is -0.497 e. The van der Waals surface area contributed by atoms with E-state index in [9.17, 15) is 9.59 Å². The molecular weight excluding hydrogens is 396 g/mol. The fourth-order valence-electron chi connectivity index (χ4n) is 3.37. The summed E-state index contributed by atoms with van der Waals surface area (Å²) in [6, 6.07) is 10.6. The van der Waals surface area contributed by atoms with Gasteiger partial charge < -0.3 is 14.5 Å². The second kappa shape index (κ2) is 8.35. The van der Waals surface area contributed by atoms with Gasteiger partial charge in [0.2, 0.25) is 5.65 Å². The predicted octanol–water partition coefficient (Wildman–Crippen LogP) is 3.44. The third-order valence-electron chi connectivity index (χ3n) is 4.97. The topological polar surface area (TPSA) is 90.8 Å². The molecule has 0 saturated carbocycles. The normalized spacial score (nSPS) is 11.9. The monoisotopic (exact) mass is 418 g/mol. The summed E-state index contributed by atoms with van der Waals surface area (Å²) < 4.78 is 13.7. The van der Waals surface area contributed by atoms with Gasteiger partial charge in [-0.15, -0.1) is 6.58 Å². The quantitative estimate of drug-likeness (QED) is 0.464. The molecule has 1 atom stereocenters. The summed E-state index contributed by atoms with van der Waals surface area (Å²) in [7, 11) is 1.60. The van der Waals surface area contributed by atoms with Crippen molar-refractivity contribution in [2.24, 2.45) is 0 Å². The van der Waals surface area contributed by atoms with Crippen molar-refractivity contribution >= 4 is 11.6 Å². The number of amides is 1. The smallest absolute Gasteiger partial charge is 0.295 e. The Morgan fingerprint density at radius 3 is 2.71 bits per heavy atom. The van der Waals surface area contributed by atoms with Crippen LogP contribution in [0.5, 0.6) is 5.75 Å². The molecular formula is C23H22N4O4. The van der Waals surface area contributed by atoms with E-state index >= 15 is 0 Å². The standard InChI is InChI=1S/C23H22N4O4/c1-4-11-27-19(16-7-9-17(30-3)10-8-16)14-26-13-18(25-21(26)23(27)29)22(28)24-15(2)20-6-5-12-31-20/h4-10,12-15H,1,11H2,2-3H3,(H,24,28). The summed E-state index contributed by atoms with van der Waals surface area (Å²) in [6.07, 6.45) is 6.52. The number of aromatic nitrogens is 3. The SMILES string of the molecule is C=CCn1c(-c2ccc(OC)cc2)cn2cc(C(=O)NC(C)c3ccco3)nc2c1=O. The van der Waals surface area contributed by atoms with Gasteiger partial charge in [-0.25, -0.2) is 4.98 Å². The zero-order valence-corrected chi connectivity index (χ0v) is 17.2. The van der Waals surface area contributed by atoms with Crippen LogP contribution in [0.3, 0.4) is 0 Å². The number of benzene rings is 1. The zero-order chi connectivity index (χ0) is 22.0. The molecule has 158 valence electrons. The van der Waals surface area contributed by atoms with Crippen LogP contribution in [0.2, 0.25) is 0 Å². The van der Waals surface area contributed by atoms with Gasteiger partial charge in [-0.05, 0) is 43.3 Å². The van der Waals surface area contributed by atoms with E-state index < -0.39 is 5.91 Å². The second-order valence-electron chi connectivity index (χ2n) is 7.01. The lowest BCUT2D eigenvalue weighted by atomic mass is 10.1. The Morgan fingerprint density at radius 1 is 1.29 bits per heavy atom. The van der Waals surface area contributed by atoms with E-state index in [-0.39, 0.29) is 22.9 Å². The number of furan rings is 1. The molecule has 0 bridgehead atoms. The molecule has 4 rings (SSSR count). The van der Waals surface area contributed by atoms with Crippen molar-refractivity contribution in [1.82, 2.24) is 19.3 Å². The summed E-state index contributed by atoms with van der Waals surface area (Å²) in [5.41, 5.74) is 1.50. The molecule has 0 aliphatic carbocycles. The van der Waals surface area contributed by atoms with Crippen LogP contribution in [0.4, 0.5) is 0 Å². The Morgan fingerprint density at radius 2 is 2.06 bits per heavy atom. The second-order valence-corrected chi connectivity index (χ2v) is 7.01. The van der Waals surface area contributed by atoms with Crippen molar-refractivity contribution in [3.63, 3.8) is 0 Å². The van der Waals surface area contributed by atoms with Crippen LogP contribution in [0.25, 0.3) is 16.9 Å². The van der Waals surface area contributed by atoms with Gasteiger partial charge in [0.1, 0.15) is 17.2 Å². The van der Waals surface area contributed by atoms with Gasteiger partial charge in [0.25, 0.3) is 11.5 Å². The number of hydrogen-bond acceptors (Lipinski definition) is 5. The van der Waals surface area contributed by atoms with Crippen molar-refractivity contribution in [2.45, 2.75) is 19.5 Å². The molecule has 8 heteroatoms. The Hall–Kier alpha value is -4.07. The Kier molecular flexibility index (Phi) is 5.44. The predicted molar refractivity (Wildman–Crippen MR) is 116 cm³/mol. The van der Waals surface area contributed by atoms with E-state index in [2.05, 4.69) is 16.9 Å². The first-order chi connectivity index (χ1) is 15.0. The van der Waals surface area contributed by atoms with E-state index in [1.54, 1.807) is 52.9 Å². The molecule has 0 fully saturated rings. The van der Waals surface area contributed by atoms with Crippen molar-refractivity contribution in [3.8, 4) is 17.0 Å². The number of hydrogen-bond donors (Lipinski definition) is 1. The highest BCUT2D eigenvalue weighted by Gasteiger charge is 2.19. The third kappa shape index (κ3) is 3.87. The van der Waals surface area contributed by atoms with Crippen molar-refractivity contribution < 1.29 is 13.9 Å². The maximum absolute atomic E-state index is 13.1. The molecule has 1 N–H and O–H groups in total. The number of nitrogens with one attached hydrogen (secondary N) is 1. The van der Waals surface area contributed by atoms with E-state index in [0.29, 0.717) is 18.0 Å². The van der Waals surface area contributed by atoms with Crippen LogP contribution < -0.4 is 15.6 Å². The molecule has 31 heavy (non-hydrogen) atoms. The van der Waals surface area contributed by atoms with Crippen LogP contribution in [0.1, 0.15) is 29.2 Å². The maximum Gasteiger partial charge on any atom is 0.295 e. The third-order valence-corrected chi connectivity index (χ3v) is 4.97. The molecule has 8 nitrogen and oxygen atoms in total. The van der Waals surface area contributed by atoms with Crippen LogP contribution in [-0.4, -0.2) is 27.0 Å². The molecule has 4 aromatic rings. The summed E-state index contributed by atoms with van der Waals surface area (Å²) in [5, 5.41) is 2.83. The fraction of sp³-hybridized carbons (Fsp3) is 0.174. The lowest BCUT2D eigenvalue weighted by Gasteiger charge is -2.12. The van der Waals surface area contributed by atoms with Crippen molar-refractivity contribution in [1.29, 1.82) is 0 Å². The Bertz CT molecular complexity index is 1280. The van der Waals surface area contributed by atoms with E-state index in [0.717, 1.165) is 11.3 Å². The fourth-order valence-corrected chi connectivity index (χ4v) is 3.37. The largest absolute Gasteiger partial charge is 0.497 e. The minimum atomic E-state index is -0.395. The number of allylic oxidation sites excluding steroid dienone is 1. The van der Waals surface area contributed by atoms with Gasteiger partial charge in [0.15, 0.2) is 0 Å². The number of fused-ring (bicyclic) bond motifs is 1. The van der Waals surface area contributed by atoms with Crippen LogP contribution >= 0.6 is 0 Å². The average molecular weight is 418 g/mol. The highest BCUT2D eigenvalue weighted by atomic mass is 16.5. The molecule has 1 aromatic carbocycles. The highest BCUT2D eigenvalue weighted by molar-refractivity contribution is 5.93. The van der Waals surface area contributed by atoms with Crippen LogP contribution in [0.15, 0.2) is 76.9 Å². The Balaban J connectivity index is 1.74. The summed E-state index contributed by atoms with van der Waals surface area (Å²) in [6.45, 7) is 5.87. The number of methoxy groups -OCH3 is 1. The number of nitrogens with zero attached hydrogens (tertiary/aromatic N) is 3. The molecule has 1 amide bonds. The number of imidazole rings is 1. The first kappa shape index (κ1) is 20.2. The number of ether oxygens (including phenoxy) is 1. The average Bonchev–Trinajstić information content (AvgIpc) is 3.46. The van der Waals surface area contributed by atoms with Gasteiger partial charge in [0.05, 0.1) is 25.1 Å². The summed E-state index contributed by atoms with van der Waals surface area (Å²) in [5.74, 6) is 0.954. The Labute approximate surface area is 178 Å². The molecule has 0 aliphatic heterocycles. The molecule has 0 radical (unpaired) electrons. The van der Waals surface area contributed by atoms with Gasteiger partial charge in [0, 0.05) is 24.5 Å². The molecule has 0 spiro atoms. The lowest BCUT2D eigenvalue weighted by Crippen LogP contribution is -2.26. The van der Waals surface area contributed by atoms with Gasteiger partial charge in [-0.2, -0.15) is 0 Å². The summed E-state index contributed by atoms with van der Waals surface area (Å²) in [4.78, 5) is 30.1. The van der Waals surface area contributed by atoms with Crippen molar-refractivity contribution in [3.05, 3.63) is 89.5 Å². The van der Waals surface area contributed by atoms with E-state index in [4.69, 9.17) is 9.15 Å². The molecule has 3 heterocycles. The number of carbonyl (C=O) groups is 1. The number of rotatable bonds is 7. The van der Waals surface area contributed by atoms with Gasteiger partial charge >= 0.3 is 0 Å². The molecule has 0 aliphatic rings. The van der Waals surface area contributed by atoms with E-state index in [1.165, 1.54) is 0 Å². The minimum absolute atomic E-state index is 0.146. The van der Waals surface area contributed by atoms with E-state index in [1.807, 2.05) is 31.2 Å². The van der Waals surface area contributed by atoms with Crippen LogP contribution in [0, 0.1) is 0 Å². The van der Waals surface area contributed by atoms with Gasteiger partial charge in [-0.3, -0.25) is 18.6 Å². The maximum atomic E-state index is 13.1. The summed E-state index contributed by atoms with van der Waals surface area (Å²) >= 11 is 0. The zero-order valence-electron chi connectivity index (χ0n) is 17.2. The number of carbonyl (C=O) groups excluding carboxylic acids is 1. The van der Waals surface area contributed by atoms with Crippen molar-refractivity contribution in [2.75, 3.05) is 7.11 Å². The first-order valence-electron chi connectivity index (χ1n) is 9.74. The van der Waals surface area contributed by atoms with Crippen LogP contribution in [-0.2, 0) is 6.54 Å². The highest BCUT2D eigenvalue weighted by Crippen LogP contribution is 2.22. The first-order valence-corrected chi connectivity index (χ1v) is 9.74. The lowest BCUT2D eigenvalue weighted by molar-refractivity contribution is 0.0931. The van der Waals surface area contributed by atoms with Gasteiger partial charge in [-0.1, -0.05) is 6.08 Å². The molecule has 0 saturated heterocycles. The molecule has 1 unspecified atom stereocenters.